The summed E-state index contributed by atoms with van der Waals surface area (Å²) in [6.07, 6.45) is 20.6. The predicted octanol–water partition coefficient (Wildman–Crippen LogP) is 8.19. The van der Waals surface area contributed by atoms with Gasteiger partial charge in [0.2, 0.25) is 0 Å². The van der Waals surface area contributed by atoms with E-state index in [1.54, 1.807) is 6.07 Å². The number of benzene rings is 1. The first kappa shape index (κ1) is 25.8. The van der Waals surface area contributed by atoms with Crippen LogP contribution < -0.4 is 5.32 Å². The van der Waals surface area contributed by atoms with Crippen LogP contribution in [0.15, 0.2) is 18.2 Å². The average molecular weight is 424 g/mol. The van der Waals surface area contributed by atoms with Crippen LogP contribution in [-0.2, 0) is 0 Å². The summed E-state index contributed by atoms with van der Waals surface area (Å²) in [6, 6.07) is 5.49. The quantitative estimate of drug-likeness (QED) is 0.263. The Balaban J connectivity index is 0.00000420. The van der Waals surface area contributed by atoms with E-state index in [0.29, 0.717) is 11.5 Å². The van der Waals surface area contributed by atoms with Crippen molar-refractivity contribution >= 4 is 24.1 Å². The smallest absolute Gasteiger partial charge is 0.335 e. The summed E-state index contributed by atoms with van der Waals surface area (Å²) in [6.45, 7) is 3.23. The highest BCUT2D eigenvalue weighted by molar-refractivity contribution is 5.89. The van der Waals surface area contributed by atoms with Crippen molar-refractivity contribution in [3.8, 4) is 0 Å². The van der Waals surface area contributed by atoms with Crippen molar-refractivity contribution < 1.29 is 9.90 Å². The second kappa shape index (κ2) is 15.6. The third kappa shape index (κ3) is 9.89. The number of anilines is 1. The summed E-state index contributed by atoms with van der Waals surface area (Å²) in [7, 11) is 0. The molecule has 0 radical (unpaired) electrons. The van der Waals surface area contributed by atoms with Crippen LogP contribution in [0.3, 0.4) is 0 Å². The molecule has 3 nitrogen and oxygen atoms in total. The molecule has 2 rings (SSSR count). The maximum Gasteiger partial charge on any atom is 0.335 e. The van der Waals surface area contributed by atoms with Gasteiger partial charge in [-0.05, 0) is 30.2 Å². The average Bonchev–Trinajstić information content (AvgIpc) is 3.10. The van der Waals surface area contributed by atoms with Gasteiger partial charge in [0.1, 0.15) is 0 Å². The Morgan fingerprint density at radius 1 is 0.897 bits per heavy atom. The van der Waals surface area contributed by atoms with E-state index in [2.05, 4.69) is 12.2 Å². The molecular formula is C25H42ClNO2. The van der Waals surface area contributed by atoms with Crippen molar-refractivity contribution in [3.63, 3.8) is 0 Å². The minimum absolute atomic E-state index is 0. The van der Waals surface area contributed by atoms with Crippen LogP contribution in [0, 0.1) is 0 Å². The zero-order valence-electron chi connectivity index (χ0n) is 18.4. The molecule has 1 heterocycles. The number of rotatable bonds is 16. The van der Waals surface area contributed by atoms with Gasteiger partial charge in [-0.25, -0.2) is 4.79 Å². The number of unbranched alkanes of at least 4 members (excludes halogenated alkanes) is 13. The van der Waals surface area contributed by atoms with E-state index in [1.165, 1.54) is 102 Å². The zero-order valence-corrected chi connectivity index (χ0v) is 19.2. The second-order valence-corrected chi connectivity index (χ2v) is 8.57. The standard InChI is InChI=1S/C25H41NO2.ClH/c1-2-3-4-5-6-7-8-9-10-11-12-13-14-15-16-22-20-26-24-18-17-21(25(27)28)19-23(22)24;/h17-19,22,26H,2-16,20H2,1H3,(H,27,28);1H/t22-;/m1./s1. The second-order valence-electron chi connectivity index (χ2n) is 8.57. The van der Waals surface area contributed by atoms with Gasteiger partial charge >= 0.3 is 5.97 Å². The van der Waals surface area contributed by atoms with Crippen LogP contribution in [0.1, 0.15) is 125 Å². The Morgan fingerprint density at radius 3 is 1.93 bits per heavy atom. The number of halogens is 1. The Kier molecular flexibility index (Phi) is 13.9. The fourth-order valence-electron chi connectivity index (χ4n) is 4.38. The van der Waals surface area contributed by atoms with Gasteiger partial charge in [0.25, 0.3) is 0 Å². The molecule has 1 aliphatic rings. The molecule has 0 amide bonds. The molecule has 0 aromatic heterocycles. The summed E-state index contributed by atoms with van der Waals surface area (Å²) < 4.78 is 0. The van der Waals surface area contributed by atoms with Crippen LogP contribution in [0.25, 0.3) is 0 Å². The molecule has 2 N–H and O–H groups in total. The highest BCUT2D eigenvalue weighted by atomic mass is 35.5. The van der Waals surface area contributed by atoms with E-state index in [4.69, 9.17) is 0 Å². The molecule has 0 unspecified atom stereocenters. The van der Waals surface area contributed by atoms with Crippen molar-refractivity contribution in [3.05, 3.63) is 29.3 Å². The third-order valence-electron chi connectivity index (χ3n) is 6.18. The van der Waals surface area contributed by atoms with Crippen molar-refractivity contribution in [2.45, 2.75) is 109 Å². The first-order chi connectivity index (χ1) is 13.7. The minimum atomic E-state index is -0.829. The predicted molar refractivity (Wildman–Crippen MR) is 127 cm³/mol. The molecule has 1 aromatic rings. The molecule has 166 valence electrons. The zero-order chi connectivity index (χ0) is 20.0. The molecule has 0 saturated heterocycles. The van der Waals surface area contributed by atoms with Crippen molar-refractivity contribution in [1.29, 1.82) is 0 Å². The molecule has 0 bridgehead atoms. The molecule has 1 aliphatic heterocycles. The summed E-state index contributed by atoms with van der Waals surface area (Å²) >= 11 is 0. The first-order valence-electron chi connectivity index (χ1n) is 11.8. The van der Waals surface area contributed by atoms with Gasteiger partial charge in [-0.3, -0.25) is 0 Å². The number of carboxylic acids is 1. The molecule has 0 saturated carbocycles. The number of aromatic carboxylic acids is 1. The lowest BCUT2D eigenvalue weighted by atomic mass is 9.93. The van der Waals surface area contributed by atoms with E-state index >= 15 is 0 Å². The topological polar surface area (TPSA) is 49.3 Å². The molecule has 29 heavy (non-hydrogen) atoms. The van der Waals surface area contributed by atoms with E-state index < -0.39 is 5.97 Å². The maximum atomic E-state index is 11.2. The minimum Gasteiger partial charge on any atom is -0.478 e. The highest BCUT2D eigenvalue weighted by Gasteiger charge is 2.22. The van der Waals surface area contributed by atoms with Gasteiger partial charge in [-0.15, -0.1) is 12.4 Å². The van der Waals surface area contributed by atoms with Gasteiger partial charge in [0, 0.05) is 18.2 Å². The van der Waals surface area contributed by atoms with Crippen molar-refractivity contribution in [1.82, 2.24) is 0 Å². The molecule has 0 aliphatic carbocycles. The SMILES string of the molecule is CCCCCCCCCCCCCCCC[C@@H]1CNc2ccc(C(=O)O)cc21.Cl. The Hall–Kier alpha value is -1.22. The van der Waals surface area contributed by atoms with Crippen molar-refractivity contribution in [2.75, 3.05) is 11.9 Å². The highest BCUT2D eigenvalue weighted by Crippen LogP contribution is 2.35. The number of hydrogen-bond acceptors (Lipinski definition) is 2. The van der Waals surface area contributed by atoms with Crippen LogP contribution in [-0.4, -0.2) is 17.6 Å². The molecule has 4 heteroatoms. The normalized spacial score (nSPS) is 14.9. The largest absolute Gasteiger partial charge is 0.478 e. The van der Waals surface area contributed by atoms with Gasteiger partial charge < -0.3 is 10.4 Å². The number of fused-ring (bicyclic) bond motifs is 1. The van der Waals surface area contributed by atoms with Crippen LogP contribution >= 0.6 is 12.4 Å². The monoisotopic (exact) mass is 423 g/mol. The van der Waals surface area contributed by atoms with E-state index in [1.807, 2.05) is 12.1 Å². The summed E-state index contributed by atoms with van der Waals surface area (Å²) in [5.74, 6) is -0.350. The van der Waals surface area contributed by atoms with Gasteiger partial charge in [-0.1, -0.05) is 96.8 Å². The fraction of sp³-hybridized carbons (Fsp3) is 0.720. The molecule has 1 aromatic carbocycles. The number of nitrogens with one attached hydrogen (secondary N) is 1. The molecular weight excluding hydrogens is 382 g/mol. The summed E-state index contributed by atoms with van der Waals surface area (Å²) in [4.78, 5) is 11.2. The molecule has 0 spiro atoms. The Bertz CT molecular complexity index is 576. The number of carbonyl (C=O) groups is 1. The lowest BCUT2D eigenvalue weighted by Gasteiger charge is -2.10. The lowest BCUT2D eigenvalue weighted by molar-refractivity contribution is 0.0697. The van der Waals surface area contributed by atoms with Gasteiger partial charge in [0.05, 0.1) is 5.56 Å². The van der Waals surface area contributed by atoms with Crippen LogP contribution in [0.4, 0.5) is 5.69 Å². The maximum absolute atomic E-state index is 11.2. The van der Waals surface area contributed by atoms with Crippen molar-refractivity contribution in [2.24, 2.45) is 0 Å². The van der Waals surface area contributed by atoms with Crippen LogP contribution in [0.2, 0.25) is 0 Å². The summed E-state index contributed by atoms with van der Waals surface area (Å²) in [5.41, 5.74) is 2.74. The van der Waals surface area contributed by atoms with E-state index in [0.717, 1.165) is 12.2 Å². The lowest BCUT2D eigenvalue weighted by Crippen LogP contribution is -2.02. The fourth-order valence-corrected chi connectivity index (χ4v) is 4.38. The van der Waals surface area contributed by atoms with Gasteiger partial charge in [-0.2, -0.15) is 0 Å². The number of hydrogen-bond donors (Lipinski definition) is 2. The third-order valence-corrected chi connectivity index (χ3v) is 6.18. The Labute approximate surface area is 184 Å². The molecule has 1 atom stereocenters. The van der Waals surface area contributed by atoms with E-state index in [-0.39, 0.29) is 12.4 Å². The number of carboxylic acid groups (broad SMARTS) is 1. The van der Waals surface area contributed by atoms with E-state index in [9.17, 15) is 9.90 Å². The van der Waals surface area contributed by atoms with Crippen LogP contribution in [0.5, 0.6) is 0 Å². The Morgan fingerprint density at radius 2 is 1.41 bits per heavy atom. The summed E-state index contributed by atoms with van der Waals surface area (Å²) in [5, 5.41) is 12.6. The van der Waals surface area contributed by atoms with Gasteiger partial charge in [0.15, 0.2) is 0 Å². The first-order valence-corrected chi connectivity index (χ1v) is 11.8. The molecule has 0 fully saturated rings.